The van der Waals surface area contributed by atoms with E-state index in [1.54, 1.807) is 36.4 Å². The predicted octanol–water partition coefficient (Wildman–Crippen LogP) is 4.51. The molecule has 0 aliphatic carbocycles. The lowest BCUT2D eigenvalue weighted by atomic mass is 10.3. The highest BCUT2D eigenvalue weighted by atomic mass is 79.9. The predicted molar refractivity (Wildman–Crippen MR) is 79.0 cm³/mol. The molecule has 1 heterocycles. The van der Waals surface area contributed by atoms with Gasteiger partial charge in [-0.25, -0.2) is 4.98 Å². The summed E-state index contributed by atoms with van der Waals surface area (Å²) in [6.07, 6.45) is 0. The van der Waals surface area contributed by atoms with Crippen LogP contribution >= 0.6 is 43.5 Å². The van der Waals surface area contributed by atoms with Gasteiger partial charge in [-0.3, -0.25) is 4.79 Å². The lowest BCUT2D eigenvalue weighted by Gasteiger charge is -2.07. The lowest BCUT2D eigenvalue weighted by Crippen LogP contribution is -2.13. The van der Waals surface area contributed by atoms with E-state index < -0.39 is 0 Å². The average molecular weight is 390 g/mol. The molecule has 0 aliphatic heterocycles. The third-order valence-corrected chi connectivity index (χ3v) is 3.37. The van der Waals surface area contributed by atoms with Gasteiger partial charge in [-0.2, -0.15) is 0 Å². The molecule has 0 bridgehead atoms. The van der Waals surface area contributed by atoms with Crippen molar-refractivity contribution < 1.29 is 4.79 Å². The van der Waals surface area contributed by atoms with E-state index in [9.17, 15) is 4.79 Å². The minimum atomic E-state index is -0.305. The molecule has 0 radical (unpaired) electrons. The quantitative estimate of drug-likeness (QED) is 0.767. The zero-order valence-electron chi connectivity index (χ0n) is 8.95. The van der Waals surface area contributed by atoms with Gasteiger partial charge in [0, 0.05) is 4.47 Å². The summed E-state index contributed by atoms with van der Waals surface area (Å²) in [6, 6.07) is 10.4. The lowest BCUT2D eigenvalue weighted by molar-refractivity contribution is 0.102. The van der Waals surface area contributed by atoms with Crippen LogP contribution in [0.3, 0.4) is 0 Å². The largest absolute Gasteiger partial charge is 0.319 e. The number of hydrogen-bond acceptors (Lipinski definition) is 2. The van der Waals surface area contributed by atoms with E-state index in [0.29, 0.717) is 21.0 Å². The molecule has 1 aromatic carbocycles. The van der Waals surface area contributed by atoms with Gasteiger partial charge in [-0.15, -0.1) is 0 Å². The van der Waals surface area contributed by atoms with Crippen molar-refractivity contribution in [1.82, 2.24) is 4.98 Å². The molecule has 0 unspecified atom stereocenters. The first kappa shape index (κ1) is 13.5. The summed E-state index contributed by atoms with van der Waals surface area (Å²) in [5.41, 5.74) is 0.870. The number of pyridine rings is 1. The molecule has 1 amide bonds. The summed E-state index contributed by atoms with van der Waals surface area (Å²) in [5.74, 6) is -0.305. The Hall–Kier alpha value is -0.910. The Morgan fingerprint density at radius 2 is 2.00 bits per heavy atom. The molecule has 0 saturated heterocycles. The zero-order chi connectivity index (χ0) is 13.1. The minimum absolute atomic E-state index is 0.305. The molecule has 0 spiro atoms. The molecule has 18 heavy (non-hydrogen) atoms. The van der Waals surface area contributed by atoms with E-state index in [1.807, 2.05) is 0 Å². The van der Waals surface area contributed by atoms with Crippen LogP contribution in [-0.2, 0) is 0 Å². The topological polar surface area (TPSA) is 42.0 Å². The molecule has 1 N–H and O–H groups in total. The normalized spacial score (nSPS) is 10.2. The van der Waals surface area contributed by atoms with Gasteiger partial charge in [-0.05, 0) is 46.3 Å². The maximum absolute atomic E-state index is 11.9. The molecule has 0 saturated carbocycles. The Labute approximate surface area is 126 Å². The van der Waals surface area contributed by atoms with Crippen molar-refractivity contribution >= 4 is 55.1 Å². The van der Waals surface area contributed by atoms with Crippen LogP contribution in [0.4, 0.5) is 5.69 Å². The Morgan fingerprint density at radius 3 is 2.67 bits per heavy atom. The molecule has 0 aliphatic rings. The fourth-order valence-corrected chi connectivity index (χ4v) is 2.38. The van der Waals surface area contributed by atoms with Crippen molar-refractivity contribution in [3.8, 4) is 0 Å². The van der Waals surface area contributed by atoms with E-state index in [0.717, 1.165) is 4.47 Å². The van der Waals surface area contributed by atoms with E-state index >= 15 is 0 Å². The SMILES string of the molecule is O=C(Nc1ccc(Br)cc1Cl)c1cccc(Br)n1. The van der Waals surface area contributed by atoms with Gasteiger partial charge < -0.3 is 5.32 Å². The molecule has 2 rings (SSSR count). The van der Waals surface area contributed by atoms with Crippen LogP contribution in [0.5, 0.6) is 0 Å². The van der Waals surface area contributed by atoms with E-state index in [4.69, 9.17) is 11.6 Å². The first-order valence-corrected chi connectivity index (χ1v) is 6.91. The third kappa shape index (κ3) is 3.31. The molecule has 0 fully saturated rings. The number of halogens is 3. The molecule has 92 valence electrons. The summed E-state index contributed by atoms with van der Waals surface area (Å²) in [5, 5.41) is 3.17. The number of hydrogen-bond donors (Lipinski definition) is 1. The van der Waals surface area contributed by atoms with Crippen LogP contribution in [0.15, 0.2) is 45.5 Å². The minimum Gasteiger partial charge on any atom is -0.319 e. The fourth-order valence-electron chi connectivity index (χ4n) is 1.31. The summed E-state index contributed by atoms with van der Waals surface area (Å²) in [4.78, 5) is 16.0. The van der Waals surface area contributed by atoms with Crippen molar-refractivity contribution in [2.24, 2.45) is 0 Å². The van der Waals surface area contributed by atoms with E-state index in [-0.39, 0.29) is 5.91 Å². The summed E-state index contributed by atoms with van der Waals surface area (Å²) < 4.78 is 1.46. The first-order chi connectivity index (χ1) is 8.56. The van der Waals surface area contributed by atoms with Gasteiger partial charge >= 0.3 is 0 Å². The van der Waals surface area contributed by atoms with Gasteiger partial charge in [0.25, 0.3) is 5.91 Å². The number of anilines is 1. The van der Waals surface area contributed by atoms with E-state index in [1.165, 1.54) is 0 Å². The number of benzene rings is 1. The summed E-state index contributed by atoms with van der Waals surface area (Å²) in [6.45, 7) is 0. The molecule has 1 aromatic heterocycles. The van der Waals surface area contributed by atoms with Crippen LogP contribution in [0.25, 0.3) is 0 Å². The number of nitrogens with one attached hydrogen (secondary N) is 1. The number of carbonyl (C=O) groups is 1. The van der Waals surface area contributed by atoms with Crippen molar-refractivity contribution in [2.45, 2.75) is 0 Å². The Balaban J connectivity index is 2.21. The smallest absolute Gasteiger partial charge is 0.274 e. The van der Waals surface area contributed by atoms with Crippen LogP contribution in [0, 0.1) is 0 Å². The molecular weight excluding hydrogens is 383 g/mol. The molecular formula is C12H7Br2ClN2O. The zero-order valence-corrected chi connectivity index (χ0v) is 12.9. The number of nitrogens with zero attached hydrogens (tertiary/aromatic N) is 1. The van der Waals surface area contributed by atoms with Gasteiger partial charge in [-0.1, -0.05) is 33.6 Å². The average Bonchev–Trinajstić information content (AvgIpc) is 2.32. The van der Waals surface area contributed by atoms with Crippen molar-refractivity contribution in [2.75, 3.05) is 5.32 Å². The monoisotopic (exact) mass is 388 g/mol. The van der Waals surface area contributed by atoms with Gasteiger partial charge in [0.05, 0.1) is 10.7 Å². The maximum Gasteiger partial charge on any atom is 0.274 e. The molecule has 6 heteroatoms. The summed E-state index contributed by atoms with van der Waals surface area (Å²) >= 11 is 12.5. The van der Waals surface area contributed by atoms with Crippen LogP contribution < -0.4 is 5.32 Å². The number of rotatable bonds is 2. The van der Waals surface area contributed by atoms with Crippen LogP contribution in [-0.4, -0.2) is 10.9 Å². The highest BCUT2D eigenvalue weighted by molar-refractivity contribution is 9.10. The van der Waals surface area contributed by atoms with Crippen LogP contribution in [0.2, 0.25) is 5.02 Å². The highest BCUT2D eigenvalue weighted by Gasteiger charge is 2.10. The molecule has 3 nitrogen and oxygen atoms in total. The summed E-state index contributed by atoms with van der Waals surface area (Å²) in [7, 11) is 0. The van der Waals surface area contributed by atoms with Crippen molar-refractivity contribution in [3.05, 3.63) is 56.2 Å². The Morgan fingerprint density at radius 1 is 1.22 bits per heavy atom. The number of amides is 1. The van der Waals surface area contributed by atoms with Gasteiger partial charge in [0.2, 0.25) is 0 Å². The van der Waals surface area contributed by atoms with Crippen molar-refractivity contribution in [1.29, 1.82) is 0 Å². The fraction of sp³-hybridized carbons (Fsp3) is 0. The number of carbonyl (C=O) groups excluding carboxylic acids is 1. The second kappa shape index (κ2) is 5.82. The van der Waals surface area contributed by atoms with Gasteiger partial charge in [0.15, 0.2) is 0 Å². The second-order valence-electron chi connectivity index (χ2n) is 3.42. The second-order valence-corrected chi connectivity index (χ2v) is 5.56. The Kier molecular flexibility index (Phi) is 4.37. The third-order valence-electron chi connectivity index (χ3n) is 2.13. The van der Waals surface area contributed by atoms with Crippen molar-refractivity contribution in [3.63, 3.8) is 0 Å². The van der Waals surface area contributed by atoms with Gasteiger partial charge in [0.1, 0.15) is 10.3 Å². The molecule has 0 atom stereocenters. The number of aromatic nitrogens is 1. The molecule has 2 aromatic rings. The maximum atomic E-state index is 11.9. The Bertz CT molecular complexity index is 604. The standard InChI is InChI=1S/C12H7Br2ClN2O/c13-7-4-5-9(8(15)6-7)17-12(18)10-2-1-3-11(14)16-10/h1-6H,(H,17,18). The van der Waals surface area contributed by atoms with Crippen LogP contribution in [0.1, 0.15) is 10.5 Å². The first-order valence-electron chi connectivity index (χ1n) is 4.95. The van der Waals surface area contributed by atoms with E-state index in [2.05, 4.69) is 42.2 Å². The highest BCUT2D eigenvalue weighted by Crippen LogP contribution is 2.26.